The fraction of sp³-hybridized carbons (Fsp3) is 0. The Hall–Kier alpha value is -1.35. The Morgan fingerprint density at radius 1 is 0.933 bits per heavy atom. The molecule has 1 aliphatic heterocycles. The second-order valence-electron chi connectivity index (χ2n) is 3.33. The van der Waals surface area contributed by atoms with Crippen molar-refractivity contribution in [1.82, 2.24) is 0 Å². The minimum Gasteiger partial charge on any atom is -0.455 e. The minimum atomic E-state index is 0.770. The van der Waals surface area contributed by atoms with E-state index in [4.69, 9.17) is 12.6 Å². The molecule has 1 aliphatic rings. The highest BCUT2D eigenvalue weighted by Crippen LogP contribution is 2.45. The van der Waals surface area contributed by atoms with Crippen molar-refractivity contribution in [3.63, 3.8) is 0 Å². The van der Waals surface area contributed by atoms with Crippen molar-refractivity contribution in [1.29, 1.82) is 0 Å². The van der Waals surface area contributed by atoms with Crippen LogP contribution in [0.25, 0.3) is 0 Å². The maximum Gasteiger partial charge on any atom is 0.141 e. The van der Waals surface area contributed by atoms with Gasteiger partial charge in [-0.05, 0) is 18.2 Å². The molecule has 2 aromatic rings. The van der Waals surface area contributed by atoms with E-state index in [9.17, 15) is 0 Å². The second kappa shape index (κ2) is 3.35. The van der Waals surface area contributed by atoms with Crippen LogP contribution in [-0.4, -0.2) is 7.85 Å². The molecule has 0 aromatic heterocycles. The van der Waals surface area contributed by atoms with Crippen molar-refractivity contribution in [2.45, 2.75) is 9.79 Å². The highest BCUT2D eigenvalue weighted by atomic mass is 32.2. The van der Waals surface area contributed by atoms with Crippen molar-refractivity contribution < 1.29 is 4.74 Å². The molecule has 0 bridgehead atoms. The molecule has 15 heavy (non-hydrogen) atoms. The Kier molecular flexibility index (Phi) is 1.99. The van der Waals surface area contributed by atoms with Crippen LogP contribution < -0.4 is 10.2 Å². The Bertz CT molecular complexity index is 525. The van der Waals surface area contributed by atoms with Gasteiger partial charge in [0.2, 0.25) is 0 Å². The molecule has 0 unspecified atom stereocenters. The molecule has 2 aromatic carbocycles. The molecular weight excluding hydrogens is 203 g/mol. The number of hydrogen-bond donors (Lipinski definition) is 0. The van der Waals surface area contributed by atoms with Crippen LogP contribution in [0.15, 0.2) is 52.3 Å². The fourth-order valence-electron chi connectivity index (χ4n) is 1.57. The first-order valence-electron chi connectivity index (χ1n) is 4.68. The Labute approximate surface area is 93.9 Å². The van der Waals surface area contributed by atoms with E-state index >= 15 is 0 Å². The van der Waals surface area contributed by atoms with Gasteiger partial charge in [0.1, 0.15) is 19.3 Å². The lowest BCUT2D eigenvalue weighted by Gasteiger charge is -2.20. The normalized spacial score (nSPS) is 12.5. The fourth-order valence-corrected chi connectivity index (χ4v) is 2.54. The third kappa shape index (κ3) is 1.43. The lowest BCUT2D eigenvalue weighted by atomic mass is 9.96. The summed E-state index contributed by atoms with van der Waals surface area (Å²) in [4.78, 5) is 2.12. The van der Waals surface area contributed by atoms with Crippen LogP contribution in [0.3, 0.4) is 0 Å². The maximum atomic E-state index is 5.90. The topological polar surface area (TPSA) is 9.23 Å². The summed E-state index contributed by atoms with van der Waals surface area (Å²) in [6.07, 6.45) is 0. The summed E-state index contributed by atoms with van der Waals surface area (Å²) >= 11 is 1.66. The van der Waals surface area contributed by atoms with Gasteiger partial charge in [0.05, 0.1) is 4.90 Å². The first kappa shape index (κ1) is 8.92. The average molecular weight is 210 g/mol. The van der Waals surface area contributed by atoms with Gasteiger partial charge in [0.25, 0.3) is 0 Å². The zero-order valence-corrected chi connectivity index (χ0v) is 8.75. The van der Waals surface area contributed by atoms with E-state index in [2.05, 4.69) is 0 Å². The van der Waals surface area contributed by atoms with Crippen LogP contribution in [0.1, 0.15) is 0 Å². The molecule has 1 nitrogen and oxygen atoms in total. The second-order valence-corrected chi connectivity index (χ2v) is 4.38. The summed E-state index contributed by atoms with van der Waals surface area (Å²) < 4.78 is 5.76. The molecule has 0 saturated heterocycles. The molecule has 3 rings (SSSR count). The molecule has 0 atom stereocenters. The summed E-state index contributed by atoms with van der Waals surface area (Å²) in [7, 11) is 5.90. The van der Waals surface area contributed by atoms with Gasteiger partial charge >= 0.3 is 0 Å². The third-order valence-corrected chi connectivity index (χ3v) is 3.49. The van der Waals surface area contributed by atoms with Crippen molar-refractivity contribution in [2.75, 3.05) is 0 Å². The maximum absolute atomic E-state index is 5.90. The minimum absolute atomic E-state index is 0.770. The third-order valence-electron chi connectivity index (χ3n) is 2.29. The molecule has 1 heterocycles. The smallest absolute Gasteiger partial charge is 0.141 e. The van der Waals surface area contributed by atoms with E-state index in [0.717, 1.165) is 26.8 Å². The lowest BCUT2D eigenvalue weighted by Crippen LogP contribution is -2.09. The van der Waals surface area contributed by atoms with Gasteiger partial charge in [-0.25, -0.2) is 0 Å². The van der Waals surface area contributed by atoms with Gasteiger partial charge < -0.3 is 4.74 Å². The molecule has 3 heteroatoms. The monoisotopic (exact) mass is 210 g/mol. The van der Waals surface area contributed by atoms with E-state index < -0.39 is 0 Å². The van der Waals surface area contributed by atoms with Crippen molar-refractivity contribution in [2.24, 2.45) is 0 Å². The SMILES string of the molecule is [B]c1cccc2c1Sc1ccccc1O2. The van der Waals surface area contributed by atoms with E-state index in [1.807, 2.05) is 42.5 Å². The number of rotatable bonds is 0. The number of benzene rings is 2. The summed E-state index contributed by atoms with van der Waals surface area (Å²) in [6.45, 7) is 0. The van der Waals surface area contributed by atoms with Crippen LogP contribution in [0.4, 0.5) is 0 Å². The van der Waals surface area contributed by atoms with Crippen LogP contribution in [0, 0.1) is 0 Å². The summed E-state index contributed by atoms with van der Waals surface area (Å²) in [5.74, 6) is 1.75. The molecule has 0 fully saturated rings. The van der Waals surface area contributed by atoms with Gasteiger partial charge in [-0.2, -0.15) is 0 Å². The molecule has 0 saturated carbocycles. The van der Waals surface area contributed by atoms with Crippen LogP contribution in [-0.2, 0) is 0 Å². The molecule has 0 N–H and O–H groups in total. The highest BCUT2D eigenvalue weighted by Gasteiger charge is 2.17. The molecule has 0 amide bonds. The number of ether oxygens (including phenoxy) is 1. The van der Waals surface area contributed by atoms with E-state index in [1.54, 1.807) is 11.8 Å². The van der Waals surface area contributed by atoms with E-state index in [0.29, 0.717) is 0 Å². The predicted octanol–water partition coefficient (Wildman–Crippen LogP) is 2.74. The predicted molar refractivity (Wildman–Crippen MR) is 62.5 cm³/mol. The summed E-state index contributed by atoms with van der Waals surface area (Å²) in [5, 5.41) is 0. The zero-order chi connectivity index (χ0) is 10.3. The first-order chi connectivity index (χ1) is 7.34. The van der Waals surface area contributed by atoms with Crippen molar-refractivity contribution >= 4 is 25.1 Å². The molecule has 70 valence electrons. The summed E-state index contributed by atoms with van der Waals surface area (Å²) in [5.41, 5.74) is 0.770. The Balaban J connectivity index is 2.15. The molecule has 0 spiro atoms. The van der Waals surface area contributed by atoms with Gasteiger partial charge in [0, 0.05) is 4.90 Å². The number of fused-ring (bicyclic) bond motifs is 2. The Morgan fingerprint density at radius 2 is 1.73 bits per heavy atom. The number of hydrogen-bond acceptors (Lipinski definition) is 2. The number of para-hydroxylation sites is 1. The van der Waals surface area contributed by atoms with Gasteiger partial charge in [-0.1, -0.05) is 41.5 Å². The van der Waals surface area contributed by atoms with Crippen LogP contribution in [0.2, 0.25) is 0 Å². The molecule has 0 aliphatic carbocycles. The quantitative estimate of drug-likeness (QED) is 0.527. The molecular formula is C12H7BOS. The van der Waals surface area contributed by atoms with Gasteiger partial charge in [-0.3, -0.25) is 0 Å². The van der Waals surface area contributed by atoms with E-state index in [1.165, 1.54) is 0 Å². The standard InChI is InChI=1S/C12H7BOS/c13-8-4-3-6-10-12(8)15-11-7-2-1-5-9(11)14-10/h1-7H. The highest BCUT2D eigenvalue weighted by molar-refractivity contribution is 7.99. The van der Waals surface area contributed by atoms with Crippen LogP contribution >= 0.6 is 11.8 Å². The van der Waals surface area contributed by atoms with Gasteiger partial charge in [0.15, 0.2) is 0 Å². The van der Waals surface area contributed by atoms with Crippen molar-refractivity contribution in [3.8, 4) is 11.5 Å². The largest absolute Gasteiger partial charge is 0.455 e. The first-order valence-corrected chi connectivity index (χ1v) is 5.49. The average Bonchev–Trinajstić information content (AvgIpc) is 2.27. The zero-order valence-electron chi connectivity index (χ0n) is 7.94. The van der Waals surface area contributed by atoms with Crippen LogP contribution in [0.5, 0.6) is 11.5 Å². The lowest BCUT2D eigenvalue weighted by molar-refractivity contribution is 0.455. The van der Waals surface area contributed by atoms with E-state index in [-0.39, 0.29) is 0 Å². The molecule has 2 radical (unpaired) electrons. The van der Waals surface area contributed by atoms with Gasteiger partial charge in [-0.15, -0.1) is 0 Å². The Morgan fingerprint density at radius 3 is 2.67 bits per heavy atom. The summed E-state index contributed by atoms with van der Waals surface area (Å²) in [6, 6.07) is 13.7. The van der Waals surface area contributed by atoms with Crippen molar-refractivity contribution in [3.05, 3.63) is 42.5 Å².